The summed E-state index contributed by atoms with van der Waals surface area (Å²) in [5.41, 5.74) is 0.893. The first-order valence-corrected chi connectivity index (χ1v) is 16.2. The third-order valence-electron chi connectivity index (χ3n) is 12.2. The summed E-state index contributed by atoms with van der Waals surface area (Å²) in [4.78, 5) is 6.68. The Morgan fingerprint density at radius 2 is 1.90 bits per heavy atom. The third-order valence-corrected chi connectivity index (χ3v) is 12.5. The molecule has 1 aliphatic heterocycles. The molecule has 1 saturated heterocycles. The number of aliphatic hydroxyl groups excluding tert-OH is 4. The van der Waals surface area contributed by atoms with Gasteiger partial charge in [-0.15, -0.1) is 0 Å². The Kier molecular flexibility index (Phi) is 8.21. The summed E-state index contributed by atoms with van der Waals surface area (Å²) in [6, 6.07) is 6.16. The fraction of sp³-hybridized carbons (Fsp3) is 0.706. The second-order valence-electron chi connectivity index (χ2n) is 14.4. The molecule has 1 aromatic rings. The molecule has 10 unspecified atom stereocenters. The second-order valence-corrected chi connectivity index (χ2v) is 14.8. The molecule has 0 radical (unpaired) electrons. The van der Waals surface area contributed by atoms with Gasteiger partial charge in [0, 0.05) is 34.9 Å². The number of allylic oxidation sites excluding steroid dienone is 2. The molecule has 42 heavy (non-hydrogen) atoms. The number of alkyl halides is 1. The van der Waals surface area contributed by atoms with Crippen LogP contribution in [0.4, 0.5) is 4.39 Å². The average Bonchev–Trinajstić information content (AvgIpc) is 2.90. The molecule has 4 N–H and O–H groups in total. The third kappa shape index (κ3) is 4.83. The van der Waals surface area contributed by atoms with E-state index >= 15 is 4.39 Å². The maximum absolute atomic E-state index is 16.0. The highest BCUT2D eigenvalue weighted by Gasteiger charge is 2.67. The number of hydrogen-bond donors (Lipinski definition) is 4. The summed E-state index contributed by atoms with van der Waals surface area (Å²) in [6.45, 7) is 6.89. The van der Waals surface area contributed by atoms with Crippen molar-refractivity contribution in [2.75, 3.05) is 13.2 Å². The molecule has 1 heterocycles. The number of hydroxylamine groups is 2. The van der Waals surface area contributed by atoms with Crippen LogP contribution in [0.5, 0.6) is 0 Å². The first-order valence-electron chi connectivity index (χ1n) is 15.8. The Labute approximate surface area is 254 Å². The van der Waals surface area contributed by atoms with Crippen LogP contribution in [0, 0.1) is 28.1 Å². The van der Waals surface area contributed by atoms with Gasteiger partial charge in [0.2, 0.25) is 0 Å². The van der Waals surface area contributed by atoms with Crippen LogP contribution in [0.1, 0.15) is 82.8 Å². The average molecular weight is 604 g/mol. The van der Waals surface area contributed by atoms with Crippen LogP contribution in [0.15, 0.2) is 42.0 Å². The van der Waals surface area contributed by atoms with Crippen molar-refractivity contribution in [1.29, 1.82) is 0 Å². The molecule has 6 nitrogen and oxygen atoms in total. The topological polar surface area (TPSA) is 93.4 Å². The number of fused-ring (bicyclic) bond motifs is 5. The van der Waals surface area contributed by atoms with Gasteiger partial charge in [-0.25, -0.2) is 4.39 Å². The van der Waals surface area contributed by atoms with Crippen molar-refractivity contribution in [3.63, 3.8) is 0 Å². The van der Waals surface area contributed by atoms with E-state index in [1.807, 2.05) is 30.2 Å². The number of nitrogens with zero attached hydrogens (tertiary/aromatic N) is 1. The lowest BCUT2D eigenvalue weighted by Crippen LogP contribution is -2.68. The SMILES string of the molecule is CC12C=CC(O)C=C1C(F)CC1C2C(O)CC2(C)C(C(O)CO)ON(Cc3ccc(Cl)c(C4CCC4)c3)CCCC12C. The van der Waals surface area contributed by atoms with Gasteiger partial charge in [-0.05, 0) is 84.6 Å². The number of benzene rings is 1. The molecule has 4 fully saturated rings. The summed E-state index contributed by atoms with van der Waals surface area (Å²) in [5.74, 6) is 0.0763. The Bertz CT molecular complexity index is 1240. The van der Waals surface area contributed by atoms with Gasteiger partial charge in [0.25, 0.3) is 0 Å². The van der Waals surface area contributed by atoms with Gasteiger partial charge in [0.1, 0.15) is 18.4 Å². The van der Waals surface area contributed by atoms with Gasteiger partial charge in [-0.3, -0.25) is 4.84 Å². The van der Waals surface area contributed by atoms with Crippen molar-refractivity contribution in [2.24, 2.45) is 28.1 Å². The molecule has 0 spiro atoms. The zero-order valence-corrected chi connectivity index (χ0v) is 25.8. The molecular weight excluding hydrogens is 557 g/mol. The minimum absolute atomic E-state index is 0.187. The Balaban J connectivity index is 1.33. The van der Waals surface area contributed by atoms with Gasteiger partial charge in [-0.2, -0.15) is 5.06 Å². The first-order chi connectivity index (χ1) is 19.9. The van der Waals surface area contributed by atoms with Crippen LogP contribution in [0.2, 0.25) is 5.02 Å². The van der Waals surface area contributed by atoms with E-state index in [1.54, 1.807) is 12.2 Å². The maximum Gasteiger partial charge on any atom is 0.122 e. The van der Waals surface area contributed by atoms with Gasteiger partial charge in [0.15, 0.2) is 0 Å². The zero-order valence-electron chi connectivity index (χ0n) is 25.1. The van der Waals surface area contributed by atoms with Crippen LogP contribution >= 0.6 is 11.6 Å². The standard InChI is InChI=1S/C34H47ClFNO5/c1-32-12-10-22(39)15-24(32)27(36)16-25-30(32)28(40)17-34(3)31(29(41)19-38)42-37(13-5-11-33(25,34)2)18-20-8-9-26(35)23(14-20)21-6-4-7-21/h8-10,12,14-15,21-22,25,27-31,38-41H,4-7,11,13,16-19H2,1-3H3. The number of halogens is 2. The Morgan fingerprint density at radius 1 is 1.14 bits per heavy atom. The van der Waals surface area contributed by atoms with Gasteiger partial charge in [0.05, 0.1) is 18.8 Å². The van der Waals surface area contributed by atoms with Crippen molar-refractivity contribution in [1.82, 2.24) is 5.06 Å². The molecule has 1 aromatic carbocycles. The van der Waals surface area contributed by atoms with E-state index in [9.17, 15) is 20.4 Å². The van der Waals surface area contributed by atoms with E-state index in [-0.39, 0.29) is 18.3 Å². The molecule has 6 rings (SSSR count). The number of hydrogen-bond acceptors (Lipinski definition) is 6. The largest absolute Gasteiger partial charge is 0.394 e. The van der Waals surface area contributed by atoms with Crippen molar-refractivity contribution < 1.29 is 29.7 Å². The monoisotopic (exact) mass is 603 g/mol. The maximum atomic E-state index is 16.0. The molecule has 8 heteroatoms. The summed E-state index contributed by atoms with van der Waals surface area (Å²) in [5, 5.41) is 46.3. The fourth-order valence-corrected chi connectivity index (χ4v) is 9.79. The summed E-state index contributed by atoms with van der Waals surface area (Å²) < 4.78 is 16.0. The summed E-state index contributed by atoms with van der Waals surface area (Å²) in [7, 11) is 0. The summed E-state index contributed by atoms with van der Waals surface area (Å²) >= 11 is 6.55. The van der Waals surface area contributed by atoms with Crippen LogP contribution in [-0.4, -0.2) is 69.2 Å². The highest BCUT2D eigenvalue weighted by Crippen LogP contribution is 2.68. The van der Waals surface area contributed by atoms with Crippen LogP contribution in [-0.2, 0) is 11.4 Å². The van der Waals surface area contributed by atoms with Gasteiger partial charge in [-0.1, -0.05) is 63.1 Å². The summed E-state index contributed by atoms with van der Waals surface area (Å²) in [6.07, 6.45) is 6.13. The highest BCUT2D eigenvalue weighted by atomic mass is 35.5. The molecular formula is C34H47ClFNO5. The number of aliphatic hydroxyl groups is 4. The predicted octanol–water partition coefficient (Wildman–Crippen LogP) is 5.47. The number of rotatable bonds is 5. The van der Waals surface area contributed by atoms with Crippen LogP contribution in [0.3, 0.4) is 0 Å². The van der Waals surface area contributed by atoms with Crippen molar-refractivity contribution in [3.05, 3.63) is 58.1 Å². The zero-order chi connectivity index (χ0) is 30.0. The lowest BCUT2D eigenvalue weighted by atomic mass is 9.39. The molecule has 0 aromatic heterocycles. The smallest absolute Gasteiger partial charge is 0.122 e. The van der Waals surface area contributed by atoms with E-state index in [0.29, 0.717) is 31.0 Å². The molecule has 232 valence electrons. The first kappa shape index (κ1) is 30.7. The van der Waals surface area contributed by atoms with Gasteiger partial charge >= 0.3 is 0 Å². The van der Waals surface area contributed by atoms with E-state index < -0.39 is 53.4 Å². The minimum atomic E-state index is -1.24. The molecule has 0 amide bonds. The normalized spacial score (nSPS) is 43.2. The Hall–Kier alpha value is -1.32. The Morgan fingerprint density at radius 3 is 2.60 bits per heavy atom. The fourth-order valence-electron chi connectivity index (χ4n) is 9.51. The molecule has 0 bridgehead atoms. The van der Waals surface area contributed by atoms with Crippen molar-refractivity contribution in [3.8, 4) is 0 Å². The predicted molar refractivity (Wildman–Crippen MR) is 160 cm³/mol. The quantitative estimate of drug-likeness (QED) is 0.334. The van der Waals surface area contributed by atoms with Gasteiger partial charge < -0.3 is 20.4 Å². The van der Waals surface area contributed by atoms with Crippen LogP contribution < -0.4 is 0 Å². The van der Waals surface area contributed by atoms with Crippen molar-refractivity contribution >= 4 is 11.6 Å². The molecule has 4 aliphatic carbocycles. The second kappa shape index (κ2) is 11.2. The molecule has 10 atom stereocenters. The van der Waals surface area contributed by atoms with Crippen molar-refractivity contribution in [2.45, 2.75) is 109 Å². The lowest BCUT2D eigenvalue weighted by Gasteiger charge is -2.67. The molecule has 5 aliphatic rings. The molecule has 3 saturated carbocycles. The van der Waals surface area contributed by atoms with E-state index in [0.717, 1.165) is 36.3 Å². The lowest BCUT2D eigenvalue weighted by molar-refractivity contribution is -0.315. The van der Waals surface area contributed by atoms with E-state index in [2.05, 4.69) is 19.9 Å². The van der Waals surface area contributed by atoms with E-state index in [1.165, 1.54) is 12.0 Å². The van der Waals surface area contributed by atoms with E-state index in [4.69, 9.17) is 16.4 Å². The minimum Gasteiger partial charge on any atom is -0.394 e. The van der Waals surface area contributed by atoms with Crippen LogP contribution in [0.25, 0.3) is 0 Å². The highest BCUT2D eigenvalue weighted by molar-refractivity contribution is 6.31.